The lowest BCUT2D eigenvalue weighted by molar-refractivity contribution is -0.118. The molecule has 3 aromatic rings. The summed E-state index contributed by atoms with van der Waals surface area (Å²) in [7, 11) is -3.52. The van der Waals surface area contributed by atoms with Crippen LogP contribution in [0.3, 0.4) is 0 Å². The van der Waals surface area contributed by atoms with Crippen LogP contribution in [0.15, 0.2) is 66.7 Å². The van der Waals surface area contributed by atoms with Gasteiger partial charge in [-0.3, -0.25) is 4.79 Å². The normalized spacial score (nSPS) is 11.4. The maximum Gasteiger partial charge on any atom is 0.235 e. The number of benzene rings is 3. The Kier molecular flexibility index (Phi) is 5.88. The second kappa shape index (κ2) is 8.33. The van der Waals surface area contributed by atoms with Gasteiger partial charge in [0.15, 0.2) is 9.84 Å². The standard InChI is InChI=1S/C21H22N2O3S/c22-11-12-23-21(24)15-27(25,26)14-16-5-7-18(8-6-16)20-10-9-17-3-1-2-4-19(17)13-20/h1-10,13H,11-12,14-15,22H2,(H,23,24). The summed E-state index contributed by atoms with van der Waals surface area (Å²) in [6, 6.07) is 21.8. The van der Waals surface area contributed by atoms with Gasteiger partial charge >= 0.3 is 0 Å². The van der Waals surface area contributed by atoms with Crippen LogP contribution < -0.4 is 11.1 Å². The van der Waals surface area contributed by atoms with Crippen molar-refractivity contribution in [3.8, 4) is 11.1 Å². The maximum absolute atomic E-state index is 12.2. The first-order valence-electron chi connectivity index (χ1n) is 8.72. The fourth-order valence-corrected chi connectivity index (χ4v) is 4.23. The van der Waals surface area contributed by atoms with E-state index < -0.39 is 21.5 Å². The van der Waals surface area contributed by atoms with Crippen molar-refractivity contribution in [2.24, 2.45) is 5.73 Å². The van der Waals surface area contributed by atoms with Gasteiger partial charge in [-0.05, 0) is 33.5 Å². The van der Waals surface area contributed by atoms with Crippen molar-refractivity contribution in [2.75, 3.05) is 18.8 Å². The number of carbonyl (C=O) groups excluding carboxylic acids is 1. The second-order valence-corrected chi connectivity index (χ2v) is 8.49. The second-order valence-electron chi connectivity index (χ2n) is 6.43. The van der Waals surface area contributed by atoms with Crippen LogP contribution >= 0.6 is 0 Å². The van der Waals surface area contributed by atoms with Gasteiger partial charge in [-0.1, -0.05) is 60.7 Å². The first-order valence-corrected chi connectivity index (χ1v) is 10.5. The van der Waals surface area contributed by atoms with Gasteiger partial charge in [0.25, 0.3) is 0 Å². The molecule has 0 saturated carbocycles. The van der Waals surface area contributed by atoms with E-state index in [0.29, 0.717) is 5.56 Å². The molecule has 27 heavy (non-hydrogen) atoms. The van der Waals surface area contributed by atoms with E-state index in [4.69, 9.17) is 5.73 Å². The molecule has 0 atom stereocenters. The summed E-state index contributed by atoms with van der Waals surface area (Å²) in [5.74, 6) is -1.21. The Balaban J connectivity index is 1.71. The number of fused-ring (bicyclic) bond motifs is 1. The number of amides is 1. The van der Waals surface area contributed by atoms with E-state index in [1.54, 1.807) is 12.1 Å². The van der Waals surface area contributed by atoms with E-state index in [9.17, 15) is 13.2 Å². The van der Waals surface area contributed by atoms with E-state index in [2.05, 4.69) is 35.6 Å². The van der Waals surface area contributed by atoms with Crippen molar-refractivity contribution < 1.29 is 13.2 Å². The first-order chi connectivity index (χ1) is 13.0. The molecule has 3 rings (SSSR count). The van der Waals surface area contributed by atoms with Gasteiger partial charge in [0.2, 0.25) is 5.91 Å². The molecule has 0 unspecified atom stereocenters. The van der Waals surface area contributed by atoms with Crippen LogP contribution in [0.5, 0.6) is 0 Å². The van der Waals surface area contributed by atoms with Crippen LogP contribution in [0.25, 0.3) is 21.9 Å². The van der Waals surface area contributed by atoms with Crippen molar-refractivity contribution in [2.45, 2.75) is 5.75 Å². The van der Waals surface area contributed by atoms with Crippen molar-refractivity contribution in [1.29, 1.82) is 0 Å². The molecule has 0 aliphatic heterocycles. The molecule has 0 spiro atoms. The lowest BCUT2D eigenvalue weighted by Gasteiger charge is -2.08. The Morgan fingerprint density at radius 3 is 2.26 bits per heavy atom. The lowest BCUT2D eigenvalue weighted by Crippen LogP contribution is -2.34. The van der Waals surface area contributed by atoms with E-state index in [1.807, 2.05) is 24.3 Å². The van der Waals surface area contributed by atoms with Crippen LogP contribution in [0.1, 0.15) is 5.56 Å². The molecule has 3 aromatic carbocycles. The topological polar surface area (TPSA) is 89.3 Å². The molecule has 0 radical (unpaired) electrons. The SMILES string of the molecule is NCCNC(=O)CS(=O)(=O)Cc1ccc(-c2ccc3ccccc3c2)cc1. The summed E-state index contributed by atoms with van der Waals surface area (Å²) in [6.45, 7) is 0.552. The van der Waals surface area contributed by atoms with Gasteiger partial charge in [-0.2, -0.15) is 0 Å². The molecule has 140 valence electrons. The van der Waals surface area contributed by atoms with Gasteiger partial charge in [0, 0.05) is 13.1 Å². The number of hydrogen-bond donors (Lipinski definition) is 2. The number of nitrogens with one attached hydrogen (secondary N) is 1. The van der Waals surface area contributed by atoms with Crippen LogP contribution in [-0.2, 0) is 20.4 Å². The average Bonchev–Trinajstić information content (AvgIpc) is 2.66. The number of sulfone groups is 1. The van der Waals surface area contributed by atoms with Crippen LogP contribution in [0, 0.1) is 0 Å². The zero-order valence-electron chi connectivity index (χ0n) is 14.9. The molecule has 0 aliphatic carbocycles. The summed E-state index contributed by atoms with van der Waals surface area (Å²) in [4.78, 5) is 11.6. The Labute approximate surface area is 159 Å². The molecule has 3 N–H and O–H groups in total. The summed E-state index contributed by atoms with van der Waals surface area (Å²) in [6.07, 6.45) is 0. The molecular formula is C21H22N2O3S. The summed E-state index contributed by atoms with van der Waals surface area (Å²) in [5.41, 5.74) is 8.04. The molecule has 0 heterocycles. The predicted molar refractivity (Wildman–Crippen MR) is 109 cm³/mol. The molecule has 0 aliphatic rings. The van der Waals surface area contributed by atoms with Crippen molar-refractivity contribution in [3.63, 3.8) is 0 Å². The highest BCUT2D eigenvalue weighted by molar-refractivity contribution is 7.91. The minimum absolute atomic E-state index is 0.166. The number of rotatable bonds is 7. The third-order valence-corrected chi connectivity index (χ3v) is 5.72. The van der Waals surface area contributed by atoms with Gasteiger partial charge in [-0.15, -0.1) is 0 Å². The third-order valence-electron chi connectivity index (χ3n) is 4.24. The minimum atomic E-state index is -3.52. The van der Waals surface area contributed by atoms with Gasteiger partial charge < -0.3 is 11.1 Å². The fraction of sp³-hybridized carbons (Fsp3) is 0.190. The highest BCUT2D eigenvalue weighted by Crippen LogP contribution is 2.25. The quantitative estimate of drug-likeness (QED) is 0.657. The molecule has 6 heteroatoms. The van der Waals surface area contributed by atoms with Crippen LogP contribution in [0.2, 0.25) is 0 Å². The van der Waals surface area contributed by atoms with E-state index in [1.165, 1.54) is 5.39 Å². The molecule has 5 nitrogen and oxygen atoms in total. The van der Waals surface area contributed by atoms with E-state index >= 15 is 0 Å². The maximum atomic E-state index is 12.2. The zero-order valence-corrected chi connectivity index (χ0v) is 15.7. The molecule has 0 aromatic heterocycles. The van der Waals surface area contributed by atoms with Gasteiger partial charge in [0.05, 0.1) is 5.75 Å². The van der Waals surface area contributed by atoms with Crippen LogP contribution in [-0.4, -0.2) is 33.2 Å². The van der Waals surface area contributed by atoms with Gasteiger partial charge in [-0.25, -0.2) is 8.42 Å². The highest BCUT2D eigenvalue weighted by Gasteiger charge is 2.17. The largest absolute Gasteiger partial charge is 0.354 e. The monoisotopic (exact) mass is 382 g/mol. The van der Waals surface area contributed by atoms with Crippen molar-refractivity contribution in [1.82, 2.24) is 5.32 Å². The fourth-order valence-electron chi connectivity index (χ4n) is 2.93. The molecule has 0 bridgehead atoms. The first kappa shape index (κ1) is 19.1. The van der Waals surface area contributed by atoms with E-state index in [-0.39, 0.29) is 18.8 Å². The molecular weight excluding hydrogens is 360 g/mol. The van der Waals surface area contributed by atoms with Crippen molar-refractivity contribution in [3.05, 3.63) is 72.3 Å². The highest BCUT2D eigenvalue weighted by atomic mass is 32.2. The predicted octanol–water partition coefficient (Wildman–Crippen LogP) is 2.50. The Morgan fingerprint density at radius 2 is 1.56 bits per heavy atom. The Bertz CT molecular complexity index is 1040. The zero-order chi connectivity index (χ0) is 19.3. The molecule has 0 saturated heterocycles. The summed E-state index contributed by atoms with van der Waals surface area (Å²) >= 11 is 0. The number of hydrogen-bond acceptors (Lipinski definition) is 4. The lowest BCUT2D eigenvalue weighted by atomic mass is 10.0. The van der Waals surface area contributed by atoms with Crippen LogP contribution in [0.4, 0.5) is 0 Å². The van der Waals surface area contributed by atoms with Crippen molar-refractivity contribution >= 4 is 26.5 Å². The smallest absolute Gasteiger partial charge is 0.235 e. The minimum Gasteiger partial charge on any atom is -0.354 e. The third kappa shape index (κ3) is 5.15. The number of nitrogens with two attached hydrogens (primary N) is 1. The average molecular weight is 382 g/mol. The summed E-state index contributed by atoms with van der Waals surface area (Å²) in [5, 5.41) is 4.81. The Hall–Kier alpha value is -2.70. The summed E-state index contributed by atoms with van der Waals surface area (Å²) < 4.78 is 24.4. The van der Waals surface area contributed by atoms with E-state index in [0.717, 1.165) is 16.5 Å². The number of carbonyl (C=O) groups is 1. The Morgan fingerprint density at radius 1 is 0.889 bits per heavy atom. The van der Waals surface area contributed by atoms with Gasteiger partial charge in [0.1, 0.15) is 5.75 Å². The molecule has 1 amide bonds. The molecule has 0 fully saturated rings.